The lowest BCUT2D eigenvalue weighted by atomic mass is 10.2. The summed E-state index contributed by atoms with van der Waals surface area (Å²) in [5, 5.41) is 10.9. The van der Waals surface area contributed by atoms with Crippen molar-refractivity contribution >= 4 is 5.97 Å². The molecule has 0 spiro atoms. The van der Waals surface area contributed by atoms with Crippen molar-refractivity contribution in [2.75, 3.05) is 6.54 Å². The topological polar surface area (TPSA) is 70.0 Å². The molecule has 0 aromatic rings. The number of nitroso groups, excluding NO2 is 1. The van der Waals surface area contributed by atoms with Crippen LogP contribution in [0.2, 0.25) is 0 Å². The van der Waals surface area contributed by atoms with Crippen molar-refractivity contribution in [1.82, 2.24) is 5.01 Å². The van der Waals surface area contributed by atoms with Crippen LogP contribution in [0, 0.1) is 4.91 Å². The summed E-state index contributed by atoms with van der Waals surface area (Å²) in [6.45, 7) is -0.909. The van der Waals surface area contributed by atoms with Gasteiger partial charge in [0.25, 0.3) is 5.92 Å². The maximum Gasteiger partial charge on any atom is 0.328 e. The number of carbonyl (C=O) groups is 1. The molecule has 0 unspecified atom stereocenters. The molecule has 7 heteroatoms. The molecule has 1 rings (SSSR count). The van der Waals surface area contributed by atoms with Crippen LogP contribution < -0.4 is 0 Å². The first-order chi connectivity index (χ1) is 5.46. The van der Waals surface area contributed by atoms with Crippen LogP contribution in [-0.2, 0) is 4.79 Å². The molecule has 0 aromatic heterocycles. The van der Waals surface area contributed by atoms with Gasteiger partial charge in [0.05, 0.1) is 5.29 Å². The Bertz CT molecular complexity index is 221. The lowest BCUT2D eigenvalue weighted by Gasteiger charge is -2.10. The van der Waals surface area contributed by atoms with Gasteiger partial charge in [-0.15, -0.1) is 4.91 Å². The summed E-state index contributed by atoms with van der Waals surface area (Å²) in [5.41, 5.74) is 0. The Morgan fingerprint density at radius 3 is 2.58 bits per heavy atom. The summed E-state index contributed by atoms with van der Waals surface area (Å²) in [6.07, 6.45) is -0.853. The third kappa shape index (κ3) is 1.49. The number of rotatable bonds is 2. The van der Waals surface area contributed by atoms with Gasteiger partial charge in [0.1, 0.15) is 6.54 Å². The van der Waals surface area contributed by atoms with Gasteiger partial charge in [-0.1, -0.05) is 0 Å². The van der Waals surface area contributed by atoms with E-state index in [-0.39, 0.29) is 0 Å². The van der Waals surface area contributed by atoms with Crippen molar-refractivity contribution in [3.63, 3.8) is 0 Å². The molecule has 0 saturated carbocycles. The highest BCUT2D eigenvalue weighted by Crippen LogP contribution is 2.31. The molecule has 1 aliphatic rings. The van der Waals surface area contributed by atoms with E-state index in [4.69, 9.17) is 5.11 Å². The van der Waals surface area contributed by atoms with E-state index in [1.165, 1.54) is 0 Å². The molecule has 0 radical (unpaired) electrons. The third-order valence-corrected chi connectivity index (χ3v) is 1.64. The molecule has 1 atom stereocenters. The molecule has 1 N–H and O–H groups in total. The number of carboxylic acids is 1. The van der Waals surface area contributed by atoms with Crippen molar-refractivity contribution in [3.05, 3.63) is 4.91 Å². The van der Waals surface area contributed by atoms with E-state index in [9.17, 15) is 18.5 Å². The van der Waals surface area contributed by atoms with E-state index < -0.39 is 30.9 Å². The van der Waals surface area contributed by atoms with Gasteiger partial charge < -0.3 is 5.11 Å². The van der Waals surface area contributed by atoms with Gasteiger partial charge >= 0.3 is 5.97 Å². The fourth-order valence-corrected chi connectivity index (χ4v) is 1.10. The van der Waals surface area contributed by atoms with Gasteiger partial charge in [0.2, 0.25) is 0 Å². The third-order valence-electron chi connectivity index (χ3n) is 1.64. The smallest absolute Gasteiger partial charge is 0.328 e. The zero-order valence-corrected chi connectivity index (χ0v) is 5.91. The van der Waals surface area contributed by atoms with E-state index in [0.29, 0.717) is 5.01 Å². The highest BCUT2D eigenvalue weighted by atomic mass is 19.3. The maximum absolute atomic E-state index is 12.5. The zero-order valence-electron chi connectivity index (χ0n) is 5.91. The van der Waals surface area contributed by atoms with E-state index in [1.807, 2.05) is 0 Å². The van der Waals surface area contributed by atoms with Crippen LogP contribution in [0.15, 0.2) is 5.29 Å². The minimum atomic E-state index is -3.13. The zero-order chi connectivity index (χ0) is 9.35. The Morgan fingerprint density at radius 1 is 1.67 bits per heavy atom. The second kappa shape index (κ2) is 2.65. The van der Waals surface area contributed by atoms with Crippen molar-refractivity contribution in [2.24, 2.45) is 5.29 Å². The fraction of sp³-hybridized carbons (Fsp3) is 0.800. The summed E-state index contributed by atoms with van der Waals surface area (Å²) >= 11 is 0. The quantitative estimate of drug-likeness (QED) is 0.626. The van der Waals surface area contributed by atoms with Crippen LogP contribution in [0.25, 0.3) is 0 Å². The van der Waals surface area contributed by atoms with Crippen molar-refractivity contribution in [3.8, 4) is 0 Å². The van der Waals surface area contributed by atoms with Crippen LogP contribution >= 0.6 is 0 Å². The average Bonchev–Trinajstić information content (AvgIpc) is 2.25. The molecular formula is C5H6F2N2O3. The molecule has 1 heterocycles. The number of nitrogens with zero attached hydrogens (tertiary/aromatic N) is 2. The van der Waals surface area contributed by atoms with Crippen LogP contribution in [0.5, 0.6) is 0 Å². The van der Waals surface area contributed by atoms with Crippen LogP contribution in [0.3, 0.4) is 0 Å². The normalized spacial score (nSPS) is 27.2. The van der Waals surface area contributed by atoms with E-state index in [1.54, 1.807) is 0 Å². The number of aliphatic carboxylic acids is 1. The number of carboxylic acid groups (broad SMARTS) is 1. The van der Waals surface area contributed by atoms with Crippen LogP contribution in [0.4, 0.5) is 8.78 Å². The summed E-state index contributed by atoms with van der Waals surface area (Å²) in [7, 11) is 0. The van der Waals surface area contributed by atoms with Gasteiger partial charge in [0, 0.05) is 6.42 Å². The number of halogens is 2. The number of hydrogen-bond acceptors (Lipinski definition) is 3. The minimum Gasteiger partial charge on any atom is -0.480 e. The molecular weight excluding hydrogens is 174 g/mol. The summed E-state index contributed by atoms with van der Waals surface area (Å²) < 4.78 is 25.0. The van der Waals surface area contributed by atoms with Gasteiger partial charge in [-0.25, -0.2) is 18.6 Å². The molecule has 68 valence electrons. The van der Waals surface area contributed by atoms with Gasteiger partial charge in [0.15, 0.2) is 6.04 Å². The molecule has 5 nitrogen and oxygen atoms in total. The first kappa shape index (κ1) is 8.82. The highest BCUT2D eigenvalue weighted by Gasteiger charge is 2.48. The van der Waals surface area contributed by atoms with Crippen molar-refractivity contribution < 1.29 is 18.7 Å². The standard InChI is InChI=1S/C5H6F2N2O3/c6-5(7)1-3(4(10)11)9(2-5)8-12/h3H,1-2H2,(H,10,11)/t3-/m0/s1. The predicted molar refractivity (Wildman–Crippen MR) is 33.5 cm³/mol. The van der Waals surface area contributed by atoms with Crippen LogP contribution in [0.1, 0.15) is 6.42 Å². The Hall–Kier alpha value is -1.27. The largest absolute Gasteiger partial charge is 0.480 e. The van der Waals surface area contributed by atoms with Crippen molar-refractivity contribution in [2.45, 2.75) is 18.4 Å². The minimum absolute atomic E-state index is 0.350. The molecule has 0 amide bonds. The second-order valence-corrected chi connectivity index (χ2v) is 2.59. The first-order valence-electron chi connectivity index (χ1n) is 3.17. The molecule has 1 saturated heterocycles. The summed E-state index contributed by atoms with van der Waals surface area (Å²) in [6, 6.07) is -1.49. The lowest BCUT2D eigenvalue weighted by Crippen LogP contribution is -2.31. The lowest BCUT2D eigenvalue weighted by molar-refractivity contribution is -0.142. The Labute approximate surface area is 65.9 Å². The van der Waals surface area contributed by atoms with Crippen LogP contribution in [-0.4, -0.2) is 34.6 Å². The molecule has 1 aliphatic heterocycles. The predicted octanol–water partition coefficient (Wildman–Crippen LogP) is 0.462. The average molecular weight is 180 g/mol. The summed E-state index contributed by atoms with van der Waals surface area (Å²) in [5.74, 6) is -4.58. The van der Waals surface area contributed by atoms with Gasteiger partial charge in [-0.3, -0.25) is 0 Å². The van der Waals surface area contributed by atoms with Gasteiger partial charge in [-0.2, -0.15) is 0 Å². The highest BCUT2D eigenvalue weighted by molar-refractivity contribution is 5.74. The molecule has 0 bridgehead atoms. The number of hydrogen-bond donors (Lipinski definition) is 1. The second-order valence-electron chi connectivity index (χ2n) is 2.59. The molecule has 1 fully saturated rings. The van der Waals surface area contributed by atoms with E-state index in [0.717, 1.165) is 0 Å². The maximum atomic E-state index is 12.5. The first-order valence-corrected chi connectivity index (χ1v) is 3.17. The molecule has 12 heavy (non-hydrogen) atoms. The summed E-state index contributed by atoms with van der Waals surface area (Å²) in [4.78, 5) is 20.2. The monoisotopic (exact) mass is 180 g/mol. The molecule has 0 aliphatic carbocycles. The Balaban J connectivity index is 2.76. The number of alkyl halides is 2. The molecule has 0 aromatic carbocycles. The van der Waals surface area contributed by atoms with Crippen molar-refractivity contribution in [1.29, 1.82) is 0 Å². The Morgan fingerprint density at radius 2 is 2.25 bits per heavy atom. The van der Waals surface area contributed by atoms with Gasteiger partial charge in [-0.05, 0) is 0 Å². The van der Waals surface area contributed by atoms with E-state index in [2.05, 4.69) is 5.29 Å². The Kier molecular flexibility index (Phi) is 1.95. The van der Waals surface area contributed by atoms with E-state index >= 15 is 0 Å². The fourth-order valence-electron chi connectivity index (χ4n) is 1.10. The SMILES string of the molecule is O=NN1CC(F)(F)C[C@H]1C(=O)O.